The number of aryl methyl sites for hydroxylation is 2. The number of nitrogens with one attached hydrogen (secondary N) is 1. The predicted molar refractivity (Wildman–Crippen MR) is 55.3 cm³/mol. The van der Waals surface area contributed by atoms with Crippen molar-refractivity contribution in [3.8, 4) is 0 Å². The van der Waals surface area contributed by atoms with Crippen LogP contribution in [-0.4, -0.2) is 4.98 Å². The summed E-state index contributed by atoms with van der Waals surface area (Å²) in [5.41, 5.74) is 2.47. The molecule has 0 aliphatic heterocycles. The van der Waals surface area contributed by atoms with Crippen LogP contribution in [0.4, 0.5) is 0 Å². The Bertz CT molecular complexity index is 232. The summed E-state index contributed by atoms with van der Waals surface area (Å²) in [6, 6.07) is 4.13. The maximum atomic E-state index is 3.46. The molecule has 0 spiro atoms. The largest absolute Gasteiger partial charge is 0.363 e. The molecule has 1 N–H and O–H groups in total. The van der Waals surface area contributed by atoms with Crippen molar-refractivity contribution < 1.29 is 19.5 Å². The zero-order chi connectivity index (χ0) is 9.40. The van der Waals surface area contributed by atoms with Crippen LogP contribution in [0.1, 0.15) is 18.3 Å². The molecule has 2 heteroatoms. The average molecular weight is 264 g/mol. The van der Waals surface area contributed by atoms with Crippen LogP contribution in [0, 0.1) is 13.8 Å². The van der Waals surface area contributed by atoms with Crippen LogP contribution in [0.25, 0.3) is 0 Å². The van der Waals surface area contributed by atoms with Gasteiger partial charge in [-0.25, -0.2) is 0 Å². The van der Waals surface area contributed by atoms with Gasteiger partial charge in [-0.2, -0.15) is 0 Å². The summed E-state index contributed by atoms with van der Waals surface area (Å²) in [6.07, 6.45) is 5.58. The third-order valence-electron chi connectivity index (χ3n) is 1.31. The number of hydrogen-bond donors (Lipinski definition) is 1. The first-order chi connectivity index (χ1) is 5.70. The number of rotatable bonds is 1. The quantitative estimate of drug-likeness (QED) is 0.591. The smallest absolute Gasteiger partial charge is 0.0117 e. The molecule has 74 valence electrons. The maximum Gasteiger partial charge on any atom is 0.0117 e. The van der Waals surface area contributed by atoms with Crippen LogP contribution in [-0.2, 0) is 19.5 Å². The Hall–Kier alpha value is -0.617. The van der Waals surface area contributed by atoms with Crippen molar-refractivity contribution in [2.45, 2.75) is 20.8 Å². The molecule has 0 atom stereocenters. The number of allylic oxidation sites excluding steroid dienone is 3. The summed E-state index contributed by atoms with van der Waals surface area (Å²) in [6.45, 7) is 9.52. The van der Waals surface area contributed by atoms with Crippen molar-refractivity contribution >= 4 is 0 Å². The van der Waals surface area contributed by atoms with E-state index < -0.39 is 0 Å². The second kappa shape index (κ2) is 9.47. The number of H-pyrrole nitrogens is 1. The van der Waals surface area contributed by atoms with E-state index >= 15 is 0 Å². The standard InChI is InChI=1S/C6H9N.C5H8.Ru/c1-5-3-4-6(2)7-5;1-3-5-4-2;/h3-4,7H,1-2H3;3-5H,1H2,2H3;. The van der Waals surface area contributed by atoms with E-state index in [4.69, 9.17) is 0 Å². The molecule has 1 rings (SSSR count). The van der Waals surface area contributed by atoms with Crippen molar-refractivity contribution in [3.63, 3.8) is 0 Å². The van der Waals surface area contributed by atoms with Gasteiger partial charge in [0.2, 0.25) is 0 Å². The van der Waals surface area contributed by atoms with Crippen LogP contribution in [0.15, 0.2) is 36.9 Å². The second-order valence-electron chi connectivity index (χ2n) is 2.59. The first-order valence-electron chi connectivity index (χ1n) is 4.06. The van der Waals surface area contributed by atoms with E-state index in [1.807, 2.05) is 32.9 Å². The van der Waals surface area contributed by atoms with E-state index in [1.54, 1.807) is 6.08 Å². The Morgan fingerprint density at radius 2 is 1.69 bits per heavy atom. The summed E-state index contributed by atoms with van der Waals surface area (Å²) in [7, 11) is 0. The van der Waals surface area contributed by atoms with Gasteiger partial charge in [0, 0.05) is 30.9 Å². The fourth-order valence-corrected chi connectivity index (χ4v) is 0.780. The van der Waals surface area contributed by atoms with Crippen molar-refractivity contribution in [2.75, 3.05) is 0 Å². The zero-order valence-corrected chi connectivity index (χ0v) is 10.2. The molecule has 0 fully saturated rings. The average Bonchev–Trinajstić information content (AvgIpc) is 2.38. The van der Waals surface area contributed by atoms with E-state index in [2.05, 4.69) is 23.7 Å². The molecule has 0 saturated heterocycles. The third kappa shape index (κ3) is 9.30. The van der Waals surface area contributed by atoms with Gasteiger partial charge in [0.05, 0.1) is 0 Å². The van der Waals surface area contributed by atoms with Crippen LogP contribution in [0.5, 0.6) is 0 Å². The van der Waals surface area contributed by atoms with Crippen LogP contribution in [0.2, 0.25) is 0 Å². The summed E-state index contributed by atoms with van der Waals surface area (Å²) in [5, 5.41) is 0. The predicted octanol–water partition coefficient (Wildman–Crippen LogP) is 3.38. The molecule has 0 aliphatic rings. The Balaban J connectivity index is 0. The monoisotopic (exact) mass is 265 g/mol. The van der Waals surface area contributed by atoms with Gasteiger partial charge >= 0.3 is 0 Å². The van der Waals surface area contributed by atoms with Gasteiger partial charge < -0.3 is 4.98 Å². The van der Waals surface area contributed by atoms with Gasteiger partial charge in [0.25, 0.3) is 0 Å². The Morgan fingerprint density at radius 3 is 1.77 bits per heavy atom. The van der Waals surface area contributed by atoms with Gasteiger partial charge in [0.15, 0.2) is 0 Å². The molecule has 0 aliphatic carbocycles. The third-order valence-corrected chi connectivity index (χ3v) is 1.31. The molecule has 1 aromatic rings. The molecular weight excluding hydrogens is 247 g/mol. The van der Waals surface area contributed by atoms with Gasteiger partial charge in [-0.15, -0.1) is 0 Å². The first kappa shape index (κ1) is 14.9. The first-order valence-corrected chi connectivity index (χ1v) is 4.06. The molecule has 0 unspecified atom stereocenters. The Morgan fingerprint density at radius 1 is 1.23 bits per heavy atom. The van der Waals surface area contributed by atoms with E-state index in [0.717, 1.165) is 0 Å². The topological polar surface area (TPSA) is 15.8 Å². The second-order valence-corrected chi connectivity index (χ2v) is 2.59. The minimum Gasteiger partial charge on any atom is -0.363 e. The van der Waals surface area contributed by atoms with Crippen molar-refractivity contribution in [1.29, 1.82) is 0 Å². The number of aromatic amines is 1. The fourth-order valence-electron chi connectivity index (χ4n) is 0.780. The molecule has 0 amide bonds. The van der Waals surface area contributed by atoms with Gasteiger partial charge in [-0.3, -0.25) is 0 Å². The number of hydrogen-bond acceptors (Lipinski definition) is 0. The maximum absolute atomic E-state index is 3.46. The van der Waals surface area contributed by atoms with Crippen LogP contribution in [0.3, 0.4) is 0 Å². The molecule has 0 radical (unpaired) electrons. The molecule has 13 heavy (non-hydrogen) atoms. The minimum atomic E-state index is 0. The molecule has 0 bridgehead atoms. The molecular formula is C11H17NRu. The van der Waals surface area contributed by atoms with Crippen molar-refractivity contribution in [3.05, 3.63) is 48.3 Å². The number of aromatic nitrogens is 1. The molecule has 0 aromatic carbocycles. The Labute approximate surface area is 93.7 Å². The molecule has 1 aromatic heterocycles. The van der Waals surface area contributed by atoms with Crippen molar-refractivity contribution in [2.24, 2.45) is 0 Å². The Kier molecular flexibility index (Phi) is 10.8. The van der Waals surface area contributed by atoms with Crippen molar-refractivity contribution in [1.82, 2.24) is 4.98 Å². The SMILES string of the molecule is C=CC=CC.Cc1ccc(C)[nH]1.[Ru]. The summed E-state index contributed by atoms with van der Waals surface area (Å²) in [4.78, 5) is 3.14. The molecule has 1 heterocycles. The van der Waals surface area contributed by atoms with E-state index in [9.17, 15) is 0 Å². The van der Waals surface area contributed by atoms with Gasteiger partial charge in [-0.1, -0.05) is 24.8 Å². The summed E-state index contributed by atoms with van der Waals surface area (Å²) < 4.78 is 0. The fraction of sp³-hybridized carbons (Fsp3) is 0.273. The summed E-state index contributed by atoms with van der Waals surface area (Å²) in [5.74, 6) is 0. The van der Waals surface area contributed by atoms with Gasteiger partial charge in [0.1, 0.15) is 0 Å². The van der Waals surface area contributed by atoms with Crippen LogP contribution < -0.4 is 0 Å². The molecule has 0 saturated carbocycles. The van der Waals surface area contributed by atoms with E-state index in [-0.39, 0.29) is 19.5 Å². The minimum absolute atomic E-state index is 0. The van der Waals surface area contributed by atoms with Gasteiger partial charge in [-0.05, 0) is 32.9 Å². The summed E-state index contributed by atoms with van der Waals surface area (Å²) >= 11 is 0. The van der Waals surface area contributed by atoms with E-state index in [0.29, 0.717) is 0 Å². The van der Waals surface area contributed by atoms with Crippen LogP contribution >= 0.6 is 0 Å². The molecule has 1 nitrogen and oxygen atoms in total. The zero-order valence-electron chi connectivity index (χ0n) is 8.45. The van der Waals surface area contributed by atoms with E-state index in [1.165, 1.54) is 11.4 Å². The normalized spacial score (nSPS) is 8.54.